The van der Waals surface area contributed by atoms with Crippen molar-refractivity contribution in [2.24, 2.45) is 29.8 Å². The van der Waals surface area contributed by atoms with Gasteiger partial charge in [0.05, 0.1) is 6.20 Å². The molecule has 0 aliphatic heterocycles. The van der Waals surface area contributed by atoms with Crippen molar-refractivity contribution in [1.82, 2.24) is 20.0 Å². The molecule has 5 nitrogen and oxygen atoms in total. The quantitative estimate of drug-likeness (QED) is 0.440. The Morgan fingerprint density at radius 3 is 2.50 bits per heavy atom. The molecule has 0 amide bonds. The largest absolute Gasteiger partial charge is 0.356 e. The van der Waals surface area contributed by atoms with Gasteiger partial charge in [-0.1, -0.05) is 0 Å². The summed E-state index contributed by atoms with van der Waals surface area (Å²) in [7, 11) is 5.91. The second-order valence-corrected chi connectivity index (χ2v) is 6.65. The summed E-state index contributed by atoms with van der Waals surface area (Å²) in [6.07, 6.45) is 9.72. The second kappa shape index (κ2) is 7.66. The molecule has 1 aromatic heterocycles. The van der Waals surface area contributed by atoms with Gasteiger partial charge < -0.3 is 10.2 Å². The number of hydrogen-bond acceptors (Lipinski definition) is 2. The Balaban J connectivity index is 0.00000176. The van der Waals surface area contributed by atoms with Crippen LogP contribution < -0.4 is 5.32 Å². The standard InChI is InChI=1S/C16H27N5.HI/c1-17-16(20(2)10-12-8-19-21(3)11-12)18-9-15(13-4-5-13)14-6-7-14;/h8,11,13-15H,4-7,9-10H2,1-3H3,(H,17,18);1H. The van der Waals surface area contributed by atoms with Crippen molar-refractivity contribution >= 4 is 29.9 Å². The third-order valence-electron chi connectivity index (χ3n) is 4.70. The maximum absolute atomic E-state index is 4.43. The van der Waals surface area contributed by atoms with E-state index >= 15 is 0 Å². The first kappa shape index (κ1) is 17.6. The van der Waals surface area contributed by atoms with Crippen LogP contribution in [0.2, 0.25) is 0 Å². The van der Waals surface area contributed by atoms with Gasteiger partial charge >= 0.3 is 0 Å². The number of aromatic nitrogens is 2. The molecule has 0 radical (unpaired) electrons. The molecule has 0 unspecified atom stereocenters. The maximum atomic E-state index is 4.43. The molecule has 1 N–H and O–H groups in total. The molecular weight excluding hydrogens is 389 g/mol. The molecule has 2 aliphatic rings. The molecule has 6 heteroatoms. The molecule has 3 rings (SSSR count). The zero-order valence-electron chi connectivity index (χ0n) is 13.8. The Hall–Kier alpha value is -0.790. The van der Waals surface area contributed by atoms with E-state index in [1.54, 1.807) is 0 Å². The van der Waals surface area contributed by atoms with Crippen LogP contribution in [0.15, 0.2) is 17.4 Å². The summed E-state index contributed by atoms with van der Waals surface area (Å²) in [6.45, 7) is 1.92. The van der Waals surface area contributed by atoms with Gasteiger partial charge in [0.15, 0.2) is 5.96 Å². The van der Waals surface area contributed by atoms with Gasteiger partial charge in [0.2, 0.25) is 0 Å². The van der Waals surface area contributed by atoms with Crippen LogP contribution in [-0.2, 0) is 13.6 Å². The molecule has 0 aromatic carbocycles. The van der Waals surface area contributed by atoms with Gasteiger partial charge in [-0.3, -0.25) is 9.67 Å². The summed E-state index contributed by atoms with van der Waals surface area (Å²) in [5, 5.41) is 7.81. The number of rotatable bonds is 6. The first-order chi connectivity index (χ1) is 10.2. The van der Waals surface area contributed by atoms with Crippen LogP contribution in [-0.4, -0.2) is 41.3 Å². The minimum absolute atomic E-state index is 0. The molecule has 124 valence electrons. The van der Waals surface area contributed by atoms with E-state index < -0.39 is 0 Å². The van der Waals surface area contributed by atoms with Crippen LogP contribution in [0.1, 0.15) is 31.2 Å². The highest BCUT2D eigenvalue weighted by molar-refractivity contribution is 14.0. The van der Waals surface area contributed by atoms with Crippen LogP contribution in [0.25, 0.3) is 0 Å². The summed E-state index contributed by atoms with van der Waals surface area (Å²) in [6, 6.07) is 0. The summed E-state index contributed by atoms with van der Waals surface area (Å²) in [5.41, 5.74) is 1.21. The molecule has 0 spiro atoms. The van der Waals surface area contributed by atoms with E-state index in [1.165, 1.54) is 31.2 Å². The zero-order chi connectivity index (χ0) is 14.8. The predicted molar refractivity (Wildman–Crippen MR) is 100 cm³/mol. The number of nitrogens with zero attached hydrogens (tertiary/aromatic N) is 4. The summed E-state index contributed by atoms with van der Waals surface area (Å²) in [4.78, 5) is 6.60. The lowest BCUT2D eigenvalue weighted by molar-refractivity contribution is 0.387. The Morgan fingerprint density at radius 1 is 1.41 bits per heavy atom. The fourth-order valence-corrected chi connectivity index (χ4v) is 3.26. The molecule has 1 aromatic rings. The summed E-state index contributed by atoms with van der Waals surface area (Å²) < 4.78 is 1.84. The van der Waals surface area contributed by atoms with Gasteiger partial charge in [0.25, 0.3) is 0 Å². The van der Waals surface area contributed by atoms with E-state index in [0.717, 1.165) is 36.8 Å². The Morgan fingerprint density at radius 2 is 2.05 bits per heavy atom. The first-order valence-electron chi connectivity index (χ1n) is 8.06. The van der Waals surface area contributed by atoms with Crippen molar-refractivity contribution in [1.29, 1.82) is 0 Å². The van der Waals surface area contributed by atoms with Crippen molar-refractivity contribution in [3.8, 4) is 0 Å². The van der Waals surface area contributed by atoms with Crippen LogP contribution in [0, 0.1) is 17.8 Å². The molecule has 2 fully saturated rings. The molecule has 0 saturated heterocycles. The van der Waals surface area contributed by atoms with E-state index in [-0.39, 0.29) is 24.0 Å². The number of aryl methyl sites for hydroxylation is 1. The van der Waals surface area contributed by atoms with Gasteiger partial charge in [0.1, 0.15) is 0 Å². The third-order valence-corrected chi connectivity index (χ3v) is 4.70. The topological polar surface area (TPSA) is 45.5 Å². The monoisotopic (exact) mass is 417 g/mol. The molecular formula is C16H28IN5. The average Bonchev–Trinajstić information content (AvgIpc) is 3.36. The van der Waals surface area contributed by atoms with Crippen molar-refractivity contribution in [2.75, 3.05) is 20.6 Å². The number of halogens is 1. The number of aliphatic imine (C=N–C) groups is 1. The number of hydrogen-bond donors (Lipinski definition) is 1. The second-order valence-electron chi connectivity index (χ2n) is 6.65. The average molecular weight is 417 g/mol. The van der Waals surface area contributed by atoms with Crippen LogP contribution in [0.5, 0.6) is 0 Å². The van der Waals surface area contributed by atoms with Crippen molar-refractivity contribution in [3.63, 3.8) is 0 Å². The summed E-state index contributed by atoms with van der Waals surface area (Å²) in [5.74, 6) is 3.82. The van der Waals surface area contributed by atoms with Gasteiger partial charge in [-0.15, -0.1) is 24.0 Å². The van der Waals surface area contributed by atoms with Gasteiger partial charge in [-0.2, -0.15) is 5.10 Å². The van der Waals surface area contributed by atoms with E-state index in [1.807, 2.05) is 25.0 Å². The third kappa shape index (κ3) is 4.60. The molecule has 0 atom stereocenters. The van der Waals surface area contributed by atoms with Crippen LogP contribution >= 0.6 is 24.0 Å². The molecule has 2 aliphatic carbocycles. The lowest BCUT2D eigenvalue weighted by Gasteiger charge is -2.24. The van der Waals surface area contributed by atoms with E-state index in [0.29, 0.717) is 0 Å². The fraction of sp³-hybridized carbons (Fsp3) is 0.750. The molecule has 1 heterocycles. The van der Waals surface area contributed by atoms with Crippen molar-refractivity contribution in [3.05, 3.63) is 18.0 Å². The maximum Gasteiger partial charge on any atom is 0.193 e. The fourth-order valence-electron chi connectivity index (χ4n) is 3.26. The Labute approximate surface area is 150 Å². The normalized spacial score (nSPS) is 18.3. The molecule has 2 saturated carbocycles. The highest BCUT2D eigenvalue weighted by Crippen LogP contribution is 2.48. The van der Waals surface area contributed by atoms with Gasteiger partial charge in [-0.05, 0) is 43.4 Å². The number of guanidine groups is 1. The molecule has 22 heavy (non-hydrogen) atoms. The lowest BCUT2D eigenvalue weighted by atomic mass is 9.98. The Kier molecular flexibility index (Phi) is 6.11. The smallest absolute Gasteiger partial charge is 0.193 e. The zero-order valence-corrected chi connectivity index (χ0v) is 16.2. The van der Waals surface area contributed by atoms with E-state index in [4.69, 9.17) is 0 Å². The SMILES string of the molecule is CN=C(NCC(C1CC1)C1CC1)N(C)Cc1cnn(C)c1.I. The molecule has 0 bridgehead atoms. The summed E-state index contributed by atoms with van der Waals surface area (Å²) >= 11 is 0. The number of nitrogens with one attached hydrogen (secondary N) is 1. The Bertz CT molecular complexity index is 492. The van der Waals surface area contributed by atoms with E-state index in [9.17, 15) is 0 Å². The van der Waals surface area contributed by atoms with Crippen LogP contribution in [0.3, 0.4) is 0 Å². The van der Waals surface area contributed by atoms with Crippen molar-refractivity contribution < 1.29 is 0 Å². The highest BCUT2D eigenvalue weighted by Gasteiger charge is 2.41. The van der Waals surface area contributed by atoms with Crippen molar-refractivity contribution in [2.45, 2.75) is 32.2 Å². The minimum atomic E-state index is 0. The van der Waals surface area contributed by atoms with Crippen LogP contribution in [0.4, 0.5) is 0 Å². The predicted octanol–water partition coefficient (Wildman–Crippen LogP) is 2.48. The minimum Gasteiger partial charge on any atom is -0.356 e. The first-order valence-corrected chi connectivity index (χ1v) is 8.06. The van der Waals surface area contributed by atoms with Gasteiger partial charge in [-0.25, -0.2) is 0 Å². The van der Waals surface area contributed by atoms with Gasteiger partial charge in [0, 0.05) is 46.0 Å². The lowest BCUT2D eigenvalue weighted by Crippen LogP contribution is -2.41. The van der Waals surface area contributed by atoms with E-state index in [2.05, 4.69) is 33.6 Å². The highest BCUT2D eigenvalue weighted by atomic mass is 127.